The zero-order valence-electron chi connectivity index (χ0n) is 9.38. The average molecular weight is 195 g/mol. The molecular weight excluding hydrogens is 170 g/mol. The third-order valence-corrected chi connectivity index (χ3v) is 2.57. The van der Waals surface area contributed by atoms with Crippen LogP contribution in [0.15, 0.2) is 25.3 Å². The van der Waals surface area contributed by atoms with Crippen LogP contribution in [0, 0.1) is 5.92 Å². The molecule has 0 aliphatic heterocycles. The maximum Gasteiger partial charge on any atom is -0.00773 e. The van der Waals surface area contributed by atoms with Gasteiger partial charge < -0.3 is 5.73 Å². The monoisotopic (exact) mass is 195 g/mol. The number of allylic oxidation sites excluding steroid dienone is 2. The molecule has 1 nitrogen and oxygen atoms in total. The highest BCUT2D eigenvalue weighted by Gasteiger charge is 2.03. The van der Waals surface area contributed by atoms with Crippen molar-refractivity contribution in [3.63, 3.8) is 0 Å². The number of hydrogen-bond donors (Lipinski definition) is 1. The van der Waals surface area contributed by atoms with Gasteiger partial charge in [-0.1, -0.05) is 31.4 Å². The van der Waals surface area contributed by atoms with E-state index in [4.69, 9.17) is 5.73 Å². The van der Waals surface area contributed by atoms with Crippen LogP contribution in [0.3, 0.4) is 0 Å². The molecule has 0 spiro atoms. The van der Waals surface area contributed by atoms with E-state index in [9.17, 15) is 0 Å². The Kier molecular flexibility index (Phi) is 10.1. The Bertz CT molecular complexity index is 130. The standard InChI is InChI=1S/C13H25N/c1-3-9-13(10-4-2)11-7-5-6-8-12-14/h3-4,13H,1-2,5-12,14H2. The second-order valence-corrected chi connectivity index (χ2v) is 3.91. The van der Waals surface area contributed by atoms with Crippen LogP contribution in [0.25, 0.3) is 0 Å². The van der Waals surface area contributed by atoms with Crippen molar-refractivity contribution in [3.8, 4) is 0 Å². The third kappa shape index (κ3) is 8.06. The van der Waals surface area contributed by atoms with Crippen molar-refractivity contribution in [2.45, 2.75) is 44.9 Å². The molecule has 0 radical (unpaired) electrons. The molecule has 14 heavy (non-hydrogen) atoms. The topological polar surface area (TPSA) is 26.0 Å². The van der Waals surface area contributed by atoms with Crippen molar-refractivity contribution in [3.05, 3.63) is 25.3 Å². The van der Waals surface area contributed by atoms with Crippen molar-refractivity contribution >= 4 is 0 Å². The molecule has 0 aromatic rings. The minimum atomic E-state index is 0.767. The lowest BCUT2D eigenvalue weighted by atomic mass is 9.94. The summed E-state index contributed by atoms with van der Waals surface area (Å²) in [4.78, 5) is 0. The first-order valence-corrected chi connectivity index (χ1v) is 5.77. The fourth-order valence-corrected chi connectivity index (χ4v) is 1.73. The minimum absolute atomic E-state index is 0.767. The SMILES string of the molecule is C=CCC(CC=C)CCCCCCN. The van der Waals surface area contributed by atoms with E-state index in [1.165, 1.54) is 32.1 Å². The molecule has 82 valence electrons. The maximum atomic E-state index is 5.44. The molecule has 0 bridgehead atoms. The molecule has 2 N–H and O–H groups in total. The molecule has 0 unspecified atom stereocenters. The molecule has 0 atom stereocenters. The molecule has 0 heterocycles. The number of nitrogens with two attached hydrogens (primary N) is 1. The van der Waals surface area contributed by atoms with Gasteiger partial charge in [0.05, 0.1) is 0 Å². The molecule has 0 fully saturated rings. The molecule has 0 rings (SSSR count). The van der Waals surface area contributed by atoms with Crippen molar-refractivity contribution in [2.24, 2.45) is 11.7 Å². The number of unbranched alkanes of at least 4 members (excludes halogenated alkanes) is 3. The van der Waals surface area contributed by atoms with E-state index in [1.54, 1.807) is 0 Å². The fraction of sp³-hybridized carbons (Fsp3) is 0.692. The summed E-state index contributed by atoms with van der Waals surface area (Å²) in [5, 5.41) is 0. The van der Waals surface area contributed by atoms with E-state index in [0.717, 1.165) is 25.3 Å². The van der Waals surface area contributed by atoms with Crippen molar-refractivity contribution < 1.29 is 0 Å². The second-order valence-electron chi connectivity index (χ2n) is 3.91. The lowest BCUT2D eigenvalue weighted by Crippen LogP contribution is -1.99. The Hall–Kier alpha value is -0.560. The summed E-state index contributed by atoms with van der Waals surface area (Å²) in [6.07, 6.45) is 12.7. The summed E-state index contributed by atoms with van der Waals surface area (Å²) >= 11 is 0. The van der Waals surface area contributed by atoms with Gasteiger partial charge in [0.15, 0.2) is 0 Å². The van der Waals surface area contributed by atoms with Crippen LogP contribution < -0.4 is 5.73 Å². The van der Waals surface area contributed by atoms with Crippen molar-refractivity contribution in [1.82, 2.24) is 0 Å². The van der Waals surface area contributed by atoms with E-state index in [2.05, 4.69) is 13.2 Å². The predicted molar refractivity (Wildman–Crippen MR) is 65.3 cm³/mol. The summed E-state index contributed by atoms with van der Waals surface area (Å²) < 4.78 is 0. The quantitative estimate of drug-likeness (QED) is 0.418. The smallest absolute Gasteiger partial charge is 0.00773 e. The van der Waals surface area contributed by atoms with Gasteiger partial charge >= 0.3 is 0 Å². The van der Waals surface area contributed by atoms with Crippen LogP contribution in [-0.4, -0.2) is 6.54 Å². The molecular formula is C13H25N. The second kappa shape index (κ2) is 10.5. The highest BCUT2D eigenvalue weighted by molar-refractivity contribution is 4.79. The zero-order chi connectivity index (χ0) is 10.6. The van der Waals surface area contributed by atoms with E-state index in [-0.39, 0.29) is 0 Å². The van der Waals surface area contributed by atoms with Gasteiger partial charge in [-0.3, -0.25) is 0 Å². The van der Waals surface area contributed by atoms with E-state index in [1.807, 2.05) is 12.2 Å². The lowest BCUT2D eigenvalue weighted by molar-refractivity contribution is 0.462. The zero-order valence-corrected chi connectivity index (χ0v) is 9.38. The normalized spacial score (nSPS) is 10.4. The van der Waals surface area contributed by atoms with Gasteiger partial charge in [0.2, 0.25) is 0 Å². The van der Waals surface area contributed by atoms with Crippen LogP contribution in [0.2, 0.25) is 0 Å². The molecule has 0 aliphatic rings. The molecule has 0 saturated heterocycles. The van der Waals surface area contributed by atoms with Gasteiger partial charge in [0.25, 0.3) is 0 Å². The number of rotatable bonds is 10. The third-order valence-electron chi connectivity index (χ3n) is 2.57. The largest absolute Gasteiger partial charge is 0.330 e. The van der Waals surface area contributed by atoms with Gasteiger partial charge in [-0.15, -0.1) is 13.2 Å². The Balaban J connectivity index is 3.39. The Labute approximate surface area is 89.1 Å². The molecule has 0 aromatic heterocycles. The first-order chi connectivity index (χ1) is 6.85. The molecule has 0 aliphatic carbocycles. The summed E-state index contributed by atoms with van der Waals surface area (Å²) in [5.41, 5.74) is 5.44. The summed E-state index contributed by atoms with van der Waals surface area (Å²) in [5.74, 6) is 0.767. The first-order valence-electron chi connectivity index (χ1n) is 5.77. The van der Waals surface area contributed by atoms with Gasteiger partial charge in [-0.05, 0) is 38.1 Å². The van der Waals surface area contributed by atoms with Gasteiger partial charge in [0.1, 0.15) is 0 Å². The van der Waals surface area contributed by atoms with E-state index >= 15 is 0 Å². The highest BCUT2D eigenvalue weighted by Crippen LogP contribution is 2.18. The summed E-state index contributed by atoms with van der Waals surface area (Å²) in [6, 6.07) is 0. The lowest BCUT2D eigenvalue weighted by Gasteiger charge is -2.12. The molecule has 0 amide bonds. The van der Waals surface area contributed by atoms with Gasteiger partial charge in [-0.25, -0.2) is 0 Å². The fourth-order valence-electron chi connectivity index (χ4n) is 1.73. The average Bonchev–Trinajstić information content (AvgIpc) is 2.18. The Morgan fingerprint density at radius 1 is 0.929 bits per heavy atom. The van der Waals surface area contributed by atoms with Crippen LogP contribution in [0.4, 0.5) is 0 Å². The number of hydrogen-bond acceptors (Lipinski definition) is 1. The molecule has 1 heteroatoms. The van der Waals surface area contributed by atoms with Gasteiger partial charge in [0, 0.05) is 0 Å². The summed E-state index contributed by atoms with van der Waals surface area (Å²) in [7, 11) is 0. The van der Waals surface area contributed by atoms with Crippen LogP contribution in [-0.2, 0) is 0 Å². The minimum Gasteiger partial charge on any atom is -0.330 e. The first kappa shape index (κ1) is 13.4. The Morgan fingerprint density at radius 3 is 2.00 bits per heavy atom. The van der Waals surface area contributed by atoms with Crippen molar-refractivity contribution in [1.29, 1.82) is 0 Å². The maximum absolute atomic E-state index is 5.44. The van der Waals surface area contributed by atoms with Crippen LogP contribution >= 0.6 is 0 Å². The Morgan fingerprint density at radius 2 is 1.50 bits per heavy atom. The summed E-state index contributed by atoms with van der Waals surface area (Å²) in [6.45, 7) is 8.42. The van der Waals surface area contributed by atoms with E-state index < -0.39 is 0 Å². The van der Waals surface area contributed by atoms with Crippen LogP contribution in [0.5, 0.6) is 0 Å². The van der Waals surface area contributed by atoms with Crippen LogP contribution in [0.1, 0.15) is 44.9 Å². The van der Waals surface area contributed by atoms with Crippen molar-refractivity contribution in [2.75, 3.05) is 6.54 Å². The molecule has 0 aromatic carbocycles. The highest BCUT2D eigenvalue weighted by atomic mass is 14.5. The molecule has 0 saturated carbocycles. The van der Waals surface area contributed by atoms with Gasteiger partial charge in [-0.2, -0.15) is 0 Å². The van der Waals surface area contributed by atoms with E-state index in [0.29, 0.717) is 0 Å². The predicted octanol–water partition coefficient (Wildman–Crippen LogP) is 3.66.